The molecule has 0 saturated heterocycles. The number of benzene rings is 1. The number of hydrogen-bond acceptors (Lipinski definition) is 7. The third-order valence-corrected chi connectivity index (χ3v) is 6.31. The second-order valence-electron chi connectivity index (χ2n) is 8.04. The molecule has 3 rings (SSSR count). The van der Waals surface area contributed by atoms with Gasteiger partial charge < -0.3 is 20.5 Å². The van der Waals surface area contributed by atoms with E-state index in [1.807, 2.05) is 30.7 Å². The van der Waals surface area contributed by atoms with Crippen molar-refractivity contribution in [1.82, 2.24) is 14.8 Å². The predicted octanol–water partition coefficient (Wildman–Crippen LogP) is 4.38. The van der Waals surface area contributed by atoms with Gasteiger partial charge in [0.1, 0.15) is 24.0 Å². The highest BCUT2D eigenvalue weighted by molar-refractivity contribution is 7.28. The minimum atomic E-state index is 0.0968. The summed E-state index contributed by atoms with van der Waals surface area (Å²) in [6.45, 7) is 8.85. The summed E-state index contributed by atoms with van der Waals surface area (Å²) in [5, 5.41) is 13.2. The Bertz CT molecular complexity index is 1050. The van der Waals surface area contributed by atoms with Crippen molar-refractivity contribution in [2.75, 3.05) is 31.9 Å². The molecule has 8 nitrogen and oxygen atoms in total. The lowest BCUT2D eigenvalue weighted by atomic mass is 10.0. The normalized spacial score (nSPS) is 11.6. The monoisotopic (exact) mass is 474 g/mol. The minimum Gasteiger partial charge on any atom is -0.494 e. The van der Waals surface area contributed by atoms with Gasteiger partial charge in [0.2, 0.25) is 0 Å². The van der Waals surface area contributed by atoms with Crippen molar-refractivity contribution in [1.29, 1.82) is 0 Å². The molecule has 5 N–H and O–H groups in total. The van der Waals surface area contributed by atoms with E-state index in [1.54, 1.807) is 13.2 Å². The minimum absolute atomic E-state index is 0.0968. The van der Waals surface area contributed by atoms with Crippen LogP contribution in [0.3, 0.4) is 0 Å². The molecule has 0 bridgehead atoms. The van der Waals surface area contributed by atoms with Crippen LogP contribution in [0.15, 0.2) is 18.2 Å². The highest BCUT2D eigenvalue weighted by Crippen LogP contribution is 2.37. The first-order chi connectivity index (χ1) is 15.8. The van der Waals surface area contributed by atoms with E-state index in [4.69, 9.17) is 20.9 Å². The van der Waals surface area contributed by atoms with Gasteiger partial charge in [-0.1, -0.05) is 55.7 Å². The van der Waals surface area contributed by atoms with Crippen molar-refractivity contribution < 1.29 is 9.47 Å². The molecule has 0 aliphatic heterocycles. The Balaban J connectivity index is 0.000000414. The summed E-state index contributed by atoms with van der Waals surface area (Å²) >= 11 is 0. The Kier molecular flexibility index (Phi) is 10.2. The summed E-state index contributed by atoms with van der Waals surface area (Å²) in [7, 11) is 6.20. The highest BCUT2D eigenvalue weighted by Gasteiger charge is 2.22. The number of nitrogens with zero attached hydrogens (tertiary/aromatic N) is 3. The molecule has 2 heterocycles. The van der Waals surface area contributed by atoms with Crippen molar-refractivity contribution in [3.05, 3.63) is 23.9 Å². The number of ether oxygens (including phenoxy) is 2. The van der Waals surface area contributed by atoms with Crippen molar-refractivity contribution in [2.45, 2.75) is 53.4 Å². The number of nitrogen functional groups attached to an aromatic ring is 1. The van der Waals surface area contributed by atoms with Gasteiger partial charge in [-0.25, -0.2) is 0 Å². The number of hydrogen-bond donors (Lipinski definition) is 3. The standard InChI is InChI=1S/C16H21N6O2P.C8H18/c1-8-12-13(14(18)21-20-8)15(19-2)22(16(12)25)10-5-4-9(24-7-17)6-11(10)23-3;1-4-6-7-8(3)5-2/h4-6,19H,7,17,25H2,1-3H3,(H2,18,21);8H,4-7H2,1-3H3. The van der Waals surface area contributed by atoms with E-state index in [0.717, 1.165) is 39.3 Å². The molecule has 0 amide bonds. The molecule has 2 unspecified atom stereocenters. The molecule has 0 fully saturated rings. The smallest absolute Gasteiger partial charge is 0.157 e. The van der Waals surface area contributed by atoms with Gasteiger partial charge in [0.05, 0.1) is 29.3 Å². The van der Waals surface area contributed by atoms with Crippen LogP contribution in [0.4, 0.5) is 11.6 Å². The molecular formula is C24H39N6O2P. The van der Waals surface area contributed by atoms with Gasteiger partial charge in [-0.15, -0.1) is 5.10 Å². The van der Waals surface area contributed by atoms with Gasteiger partial charge in [0.15, 0.2) is 5.82 Å². The first kappa shape index (κ1) is 26.7. The number of anilines is 2. The number of unbranched alkanes of at least 4 members (excludes halogenated alkanes) is 1. The fraction of sp³-hybridized carbons (Fsp3) is 0.500. The Labute approximate surface area is 199 Å². The molecule has 0 aliphatic carbocycles. The predicted molar refractivity (Wildman–Crippen MR) is 142 cm³/mol. The number of rotatable bonds is 9. The SMILES string of the molecule is CCCCC(C)CC.CNc1c2c(N)nnc(C)c2c(P)n1-c1ccc(OCN)cc1OC. The molecule has 1 aromatic carbocycles. The third kappa shape index (κ3) is 6.06. The number of fused-ring (bicyclic) bond motifs is 1. The van der Waals surface area contributed by atoms with Gasteiger partial charge in [-0.05, 0) is 25.0 Å². The van der Waals surface area contributed by atoms with Gasteiger partial charge in [-0.2, -0.15) is 5.10 Å². The average Bonchev–Trinajstić information content (AvgIpc) is 3.13. The van der Waals surface area contributed by atoms with Crippen LogP contribution in [-0.2, 0) is 0 Å². The van der Waals surface area contributed by atoms with Crippen LogP contribution in [0.5, 0.6) is 11.5 Å². The Morgan fingerprint density at radius 1 is 1.21 bits per heavy atom. The van der Waals surface area contributed by atoms with E-state index in [9.17, 15) is 0 Å². The fourth-order valence-electron chi connectivity index (χ4n) is 3.71. The van der Waals surface area contributed by atoms with Gasteiger partial charge in [0.25, 0.3) is 0 Å². The number of nitrogens with two attached hydrogens (primary N) is 2. The zero-order valence-electron chi connectivity index (χ0n) is 20.7. The largest absolute Gasteiger partial charge is 0.494 e. The summed E-state index contributed by atoms with van der Waals surface area (Å²) in [5.74, 6) is 3.41. The van der Waals surface area contributed by atoms with E-state index in [2.05, 4.69) is 45.5 Å². The second-order valence-corrected chi connectivity index (χ2v) is 8.59. The van der Waals surface area contributed by atoms with Gasteiger partial charge in [0, 0.05) is 18.5 Å². The topological polar surface area (TPSA) is 113 Å². The molecule has 9 heteroatoms. The summed E-state index contributed by atoms with van der Waals surface area (Å²) < 4.78 is 12.9. The molecule has 182 valence electrons. The van der Waals surface area contributed by atoms with E-state index < -0.39 is 0 Å². The Morgan fingerprint density at radius 3 is 2.52 bits per heavy atom. The summed E-state index contributed by atoms with van der Waals surface area (Å²) in [5.41, 5.74) is 14.1. The van der Waals surface area contributed by atoms with Crippen molar-refractivity contribution in [3.63, 3.8) is 0 Å². The Hall–Kier alpha value is -2.57. The van der Waals surface area contributed by atoms with Crippen molar-refractivity contribution in [3.8, 4) is 17.2 Å². The highest BCUT2D eigenvalue weighted by atomic mass is 31.0. The van der Waals surface area contributed by atoms with Crippen LogP contribution in [0.1, 0.15) is 52.1 Å². The van der Waals surface area contributed by atoms with Crippen LogP contribution in [0.2, 0.25) is 0 Å². The van der Waals surface area contributed by atoms with E-state index >= 15 is 0 Å². The summed E-state index contributed by atoms with van der Waals surface area (Å²) in [4.78, 5) is 0. The zero-order valence-corrected chi connectivity index (χ0v) is 21.9. The van der Waals surface area contributed by atoms with Crippen LogP contribution in [0, 0.1) is 12.8 Å². The second kappa shape index (κ2) is 12.6. The molecule has 0 radical (unpaired) electrons. The van der Waals surface area contributed by atoms with Crippen molar-refractivity contribution >= 4 is 37.1 Å². The van der Waals surface area contributed by atoms with Crippen LogP contribution in [-0.4, -0.2) is 35.7 Å². The molecule has 2 aromatic heterocycles. The number of aromatic nitrogens is 3. The van der Waals surface area contributed by atoms with E-state index in [1.165, 1.54) is 25.7 Å². The van der Waals surface area contributed by atoms with Crippen molar-refractivity contribution in [2.24, 2.45) is 11.7 Å². The van der Waals surface area contributed by atoms with E-state index in [0.29, 0.717) is 17.3 Å². The maximum atomic E-state index is 6.09. The lowest BCUT2D eigenvalue weighted by Crippen LogP contribution is -2.13. The molecule has 0 aliphatic rings. The molecule has 0 spiro atoms. The quantitative estimate of drug-likeness (QED) is 0.312. The van der Waals surface area contributed by atoms with E-state index in [-0.39, 0.29) is 6.73 Å². The van der Waals surface area contributed by atoms with Crippen LogP contribution in [0.25, 0.3) is 16.5 Å². The first-order valence-electron chi connectivity index (χ1n) is 11.5. The maximum Gasteiger partial charge on any atom is 0.157 e. The zero-order chi connectivity index (χ0) is 24.5. The molecule has 33 heavy (non-hydrogen) atoms. The third-order valence-electron chi connectivity index (χ3n) is 5.76. The Morgan fingerprint density at radius 2 is 1.94 bits per heavy atom. The maximum absolute atomic E-state index is 6.09. The molecular weight excluding hydrogens is 435 g/mol. The fourth-order valence-corrected chi connectivity index (χ4v) is 4.33. The average molecular weight is 475 g/mol. The summed E-state index contributed by atoms with van der Waals surface area (Å²) in [6.07, 6.45) is 5.53. The number of aryl methyl sites for hydroxylation is 1. The lowest BCUT2D eigenvalue weighted by molar-refractivity contribution is 0.326. The van der Waals surface area contributed by atoms with Gasteiger partial charge >= 0.3 is 0 Å². The van der Waals surface area contributed by atoms with Crippen LogP contribution < -0.4 is 31.7 Å². The van der Waals surface area contributed by atoms with Crippen LogP contribution >= 0.6 is 9.24 Å². The summed E-state index contributed by atoms with van der Waals surface area (Å²) in [6, 6.07) is 5.54. The molecule has 3 aromatic rings. The van der Waals surface area contributed by atoms with Gasteiger partial charge in [-0.3, -0.25) is 10.3 Å². The number of methoxy groups -OCH3 is 1. The number of nitrogens with one attached hydrogen (secondary N) is 1. The molecule has 2 atom stereocenters. The molecule has 0 saturated carbocycles. The first-order valence-corrected chi connectivity index (χ1v) is 12.0. The lowest BCUT2D eigenvalue weighted by Gasteiger charge is -2.16.